The zero-order valence-corrected chi connectivity index (χ0v) is 18.0. The molecule has 2 atom stereocenters. The lowest BCUT2D eigenvalue weighted by Gasteiger charge is -2.40. The molecule has 2 N–H and O–H groups in total. The first-order valence-electron chi connectivity index (χ1n) is 8.87. The maximum atomic E-state index is 12.8. The van der Waals surface area contributed by atoms with Crippen LogP contribution in [0.2, 0.25) is 18.1 Å². The molecule has 0 amide bonds. The highest BCUT2D eigenvalue weighted by Crippen LogP contribution is 2.41. The van der Waals surface area contributed by atoms with E-state index in [9.17, 15) is 4.79 Å². The molecule has 140 valence electrons. The Morgan fingerprint density at radius 2 is 1.50 bits per heavy atom. The van der Waals surface area contributed by atoms with Gasteiger partial charge in [0.1, 0.15) is 6.04 Å². The smallest absolute Gasteiger partial charge is 0.213 e. The second-order valence-corrected chi connectivity index (χ2v) is 13.8. The van der Waals surface area contributed by atoms with Crippen molar-refractivity contribution in [3.05, 3.63) is 66.2 Å². The van der Waals surface area contributed by atoms with Gasteiger partial charge in [0.15, 0.2) is 8.32 Å². The topological polar surface area (TPSA) is 52.3 Å². The van der Waals surface area contributed by atoms with Crippen LogP contribution in [0.4, 0.5) is 0 Å². The summed E-state index contributed by atoms with van der Waals surface area (Å²) in [6.45, 7) is 10.9. The second kappa shape index (κ2) is 8.52. The molecular weight excluding hydrogens is 358 g/mol. The molecule has 0 unspecified atom stereocenters. The minimum atomic E-state index is -2.09. The average Bonchev–Trinajstić information content (AvgIpc) is 2.59. The molecule has 0 aliphatic heterocycles. The third kappa shape index (κ3) is 5.30. The van der Waals surface area contributed by atoms with E-state index in [1.165, 1.54) is 11.8 Å². The molecular formula is C21H29NO2SSi. The monoisotopic (exact) mass is 387 g/mol. The molecule has 0 bridgehead atoms. The number of carbonyl (C=O) groups excluding carboxylic acids is 1. The van der Waals surface area contributed by atoms with E-state index < -0.39 is 20.5 Å². The lowest BCUT2D eigenvalue weighted by molar-refractivity contribution is -0.114. The summed E-state index contributed by atoms with van der Waals surface area (Å²) in [5.74, 6) is 0. The number of carbonyl (C=O) groups is 1. The third-order valence-electron chi connectivity index (χ3n) is 4.92. The highest BCUT2D eigenvalue weighted by atomic mass is 32.2. The van der Waals surface area contributed by atoms with Crippen molar-refractivity contribution in [2.24, 2.45) is 5.73 Å². The summed E-state index contributed by atoms with van der Waals surface area (Å²) < 4.78 is 6.59. The van der Waals surface area contributed by atoms with Gasteiger partial charge < -0.3 is 10.2 Å². The maximum Gasteiger partial charge on any atom is 0.213 e. The normalized spacial score (nSPS) is 14.7. The van der Waals surface area contributed by atoms with E-state index in [2.05, 4.69) is 33.9 Å². The summed E-state index contributed by atoms with van der Waals surface area (Å²) in [5.41, 5.74) is 7.37. The summed E-state index contributed by atoms with van der Waals surface area (Å²) in [4.78, 5) is 13.7. The zero-order valence-electron chi connectivity index (χ0n) is 16.2. The van der Waals surface area contributed by atoms with Crippen LogP contribution in [0.15, 0.2) is 65.6 Å². The first-order valence-corrected chi connectivity index (χ1v) is 12.6. The van der Waals surface area contributed by atoms with E-state index in [1.54, 1.807) is 0 Å². The summed E-state index contributed by atoms with van der Waals surface area (Å²) >= 11 is 1.18. The van der Waals surface area contributed by atoms with Crippen LogP contribution in [-0.2, 0) is 9.22 Å². The third-order valence-corrected chi connectivity index (χ3v) is 10.4. The Kier molecular flexibility index (Phi) is 6.85. The van der Waals surface area contributed by atoms with Crippen LogP contribution in [0.3, 0.4) is 0 Å². The number of hydrogen-bond donors (Lipinski definition) is 1. The summed E-state index contributed by atoms with van der Waals surface area (Å²) in [5, 5.41) is -0.0428. The molecule has 5 heteroatoms. The van der Waals surface area contributed by atoms with Gasteiger partial charge in [-0.05, 0) is 35.8 Å². The summed E-state index contributed by atoms with van der Waals surface area (Å²) in [6.07, 6.45) is -0.444. The number of benzene rings is 2. The SMILES string of the molecule is CC(C)(C)[Si](C)(C)O[C@@H](c1ccccc1)[C@H](N)C(=O)Sc1ccccc1. The molecule has 2 rings (SSSR count). The predicted octanol–water partition coefficient (Wildman–Crippen LogP) is 5.40. The molecule has 0 heterocycles. The van der Waals surface area contributed by atoms with Crippen molar-refractivity contribution in [1.82, 2.24) is 0 Å². The fraction of sp³-hybridized carbons (Fsp3) is 0.381. The molecule has 0 saturated carbocycles. The number of hydrogen-bond acceptors (Lipinski definition) is 4. The molecule has 26 heavy (non-hydrogen) atoms. The number of rotatable bonds is 6. The largest absolute Gasteiger partial charge is 0.408 e. The van der Waals surface area contributed by atoms with Gasteiger partial charge in [-0.3, -0.25) is 4.79 Å². The predicted molar refractivity (Wildman–Crippen MR) is 113 cm³/mol. The zero-order chi connectivity index (χ0) is 19.4. The Morgan fingerprint density at radius 3 is 2.00 bits per heavy atom. The standard InChI is InChI=1S/C21H29NO2SSi/c1-21(2,3)26(4,5)24-19(16-12-8-6-9-13-16)18(22)20(23)25-17-14-10-7-11-15-17/h6-15,18-19H,22H2,1-5H3/t18-,19-/m0/s1. The van der Waals surface area contributed by atoms with Gasteiger partial charge in [-0.25, -0.2) is 0 Å². The lowest BCUT2D eigenvalue weighted by atomic mass is 10.0. The minimum Gasteiger partial charge on any atom is -0.408 e. The van der Waals surface area contributed by atoms with Crippen molar-refractivity contribution in [3.8, 4) is 0 Å². The van der Waals surface area contributed by atoms with Crippen LogP contribution < -0.4 is 5.73 Å². The van der Waals surface area contributed by atoms with Crippen LogP contribution in [-0.4, -0.2) is 19.5 Å². The maximum absolute atomic E-state index is 12.8. The van der Waals surface area contributed by atoms with E-state index in [0.717, 1.165) is 10.5 Å². The van der Waals surface area contributed by atoms with Crippen LogP contribution in [0, 0.1) is 0 Å². The quantitative estimate of drug-likeness (QED) is 0.533. The van der Waals surface area contributed by atoms with Crippen molar-refractivity contribution in [1.29, 1.82) is 0 Å². The lowest BCUT2D eigenvalue weighted by Crippen LogP contribution is -2.47. The Bertz CT molecular complexity index is 714. The molecule has 0 spiro atoms. The van der Waals surface area contributed by atoms with Crippen molar-refractivity contribution in [2.45, 2.75) is 55.9 Å². The Hall–Kier alpha value is -1.40. The summed E-state index contributed by atoms with van der Waals surface area (Å²) in [6, 6.07) is 18.7. The number of nitrogens with two attached hydrogens (primary N) is 1. The van der Waals surface area contributed by atoms with Crippen molar-refractivity contribution >= 4 is 25.2 Å². The van der Waals surface area contributed by atoms with Crippen LogP contribution in [0.5, 0.6) is 0 Å². The van der Waals surface area contributed by atoms with Gasteiger partial charge in [-0.15, -0.1) is 0 Å². The van der Waals surface area contributed by atoms with Crippen molar-refractivity contribution < 1.29 is 9.22 Å². The van der Waals surface area contributed by atoms with Crippen LogP contribution in [0.25, 0.3) is 0 Å². The Morgan fingerprint density at radius 1 is 1.00 bits per heavy atom. The molecule has 0 fully saturated rings. The van der Waals surface area contributed by atoms with Gasteiger partial charge in [-0.1, -0.05) is 81.1 Å². The fourth-order valence-corrected chi connectivity index (χ4v) is 4.34. The molecule has 2 aromatic rings. The highest BCUT2D eigenvalue weighted by Gasteiger charge is 2.41. The fourth-order valence-electron chi connectivity index (χ4n) is 2.28. The summed E-state index contributed by atoms with van der Waals surface area (Å²) in [7, 11) is -2.09. The van der Waals surface area contributed by atoms with Crippen molar-refractivity contribution in [3.63, 3.8) is 0 Å². The minimum absolute atomic E-state index is 0.0371. The molecule has 0 aliphatic rings. The molecule has 0 radical (unpaired) electrons. The molecule has 3 nitrogen and oxygen atoms in total. The molecule has 0 saturated heterocycles. The van der Waals surface area contributed by atoms with Crippen molar-refractivity contribution in [2.75, 3.05) is 0 Å². The Labute approximate surface area is 162 Å². The van der Waals surface area contributed by atoms with E-state index in [1.807, 2.05) is 60.7 Å². The van der Waals surface area contributed by atoms with Gasteiger partial charge in [0.25, 0.3) is 0 Å². The van der Waals surface area contributed by atoms with E-state index >= 15 is 0 Å². The Balaban J connectivity index is 2.27. The van der Waals surface area contributed by atoms with E-state index in [0.29, 0.717) is 0 Å². The van der Waals surface area contributed by atoms with Gasteiger partial charge >= 0.3 is 0 Å². The number of thioether (sulfide) groups is 1. The van der Waals surface area contributed by atoms with Gasteiger partial charge in [-0.2, -0.15) is 0 Å². The highest BCUT2D eigenvalue weighted by molar-refractivity contribution is 8.13. The van der Waals surface area contributed by atoms with Gasteiger partial charge in [0.05, 0.1) is 6.10 Å². The molecule has 2 aromatic carbocycles. The van der Waals surface area contributed by atoms with Gasteiger partial charge in [0, 0.05) is 4.90 Å². The average molecular weight is 388 g/mol. The molecule has 0 aromatic heterocycles. The van der Waals surface area contributed by atoms with Crippen LogP contribution >= 0.6 is 11.8 Å². The van der Waals surface area contributed by atoms with Crippen LogP contribution in [0.1, 0.15) is 32.4 Å². The van der Waals surface area contributed by atoms with E-state index in [4.69, 9.17) is 10.2 Å². The van der Waals surface area contributed by atoms with E-state index in [-0.39, 0.29) is 10.2 Å². The first kappa shape index (κ1) is 20.9. The molecule has 0 aliphatic carbocycles. The first-order chi connectivity index (χ1) is 12.1. The van der Waals surface area contributed by atoms with Gasteiger partial charge in [0.2, 0.25) is 5.12 Å². The second-order valence-electron chi connectivity index (χ2n) is 7.97.